The average Bonchev–Trinajstić information content (AvgIpc) is 2.38. The molecule has 1 heterocycles. The van der Waals surface area contributed by atoms with E-state index >= 15 is 0 Å². The Kier molecular flexibility index (Phi) is 3.29. The van der Waals surface area contributed by atoms with Gasteiger partial charge in [0.05, 0.1) is 24.1 Å². The molecular weight excluding hydrogens is 224 g/mol. The van der Waals surface area contributed by atoms with Crippen LogP contribution in [0.1, 0.15) is 16.8 Å². The molecule has 0 N–H and O–H groups in total. The number of rotatable bonds is 2. The first-order chi connectivity index (χ1) is 8.65. The first kappa shape index (κ1) is 12.1. The fourth-order valence-electron chi connectivity index (χ4n) is 1.88. The van der Waals surface area contributed by atoms with Crippen molar-refractivity contribution in [1.29, 1.82) is 5.26 Å². The minimum Gasteiger partial charge on any atom is -0.496 e. The van der Waals surface area contributed by atoms with Crippen molar-refractivity contribution in [3.05, 3.63) is 47.2 Å². The fourth-order valence-corrected chi connectivity index (χ4v) is 1.88. The largest absolute Gasteiger partial charge is 0.496 e. The maximum absolute atomic E-state index is 8.89. The van der Waals surface area contributed by atoms with Crippen molar-refractivity contribution >= 4 is 0 Å². The summed E-state index contributed by atoms with van der Waals surface area (Å²) in [5.41, 5.74) is 4.34. The number of aryl methyl sites for hydroxylation is 2. The SMILES string of the molecule is COc1ccc(-c2ccc(C#N)c(C)n2)cc1C. The molecule has 2 rings (SSSR count). The van der Waals surface area contributed by atoms with Crippen LogP contribution in [0, 0.1) is 25.2 Å². The van der Waals surface area contributed by atoms with Crippen molar-refractivity contribution < 1.29 is 4.74 Å². The highest BCUT2D eigenvalue weighted by molar-refractivity contribution is 5.63. The highest BCUT2D eigenvalue weighted by atomic mass is 16.5. The van der Waals surface area contributed by atoms with Gasteiger partial charge >= 0.3 is 0 Å². The summed E-state index contributed by atoms with van der Waals surface area (Å²) < 4.78 is 5.23. The van der Waals surface area contributed by atoms with E-state index in [2.05, 4.69) is 11.1 Å². The first-order valence-electron chi connectivity index (χ1n) is 5.68. The summed E-state index contributed by atoms with van der Waals surface area (Å²) in [6.45, 7) is 3.84. The lowest BCUT2D eigenvalue weighted by atomic mass is 10.1. The second-order valence-corrected chi connectivity index (χ2v) is 4.13. The molecular formula is C15H14N2O. The number of nitriles is 1. The van der Waals surface area contributed by atoms with Crippen LogP contribution in [0.15, 0.2) is 30.3 Å². The van der Waals surface area contributed by atoms with Crippen LogP contribution < -0.4 is 4.74 Å². The van der Waals surface area contributed by atoms with Crippen LogP contribution in [0.25, 0.3) is 11.3 Å². The smallest absolute Gasteiger partial charge is 0.121 e. The summed E-state index contributed by atoms with van der Waals surface area (Å²) in [5, 5.41) is 8.89. The summed E-state index contributed by atoms with van der Waals surface area (Å²) in [6.07, 6.45) is 0. The van der Waals surface area contributed by atoms with Crippen LogP contribution >= 0.6 is 0 Å². The summed E-state index contributed by atoms with van der Waals surface area (Å²) in [6, 6.07) is 11.7. The van der Waals surface area contributed by atoms with Gasteiger partial charge in [-0.25, -0.2) is 0 Å². The van der Waals surface area contributed by atoms with Crippen molar-refractivity contribution in [2.75, 3.05) is 7.11 Å². The van der Waals surface area contributed by atoms with Gasteiger partial charge in [-0.05, 0) is 49.7 Å². The molecule has 3 nitrogen and oxygen atoms in total. The van der Waals surface area contributed by atoms with Crippen LogP contribution in [0.3, 0.4) is 0 Å². The molecule has 0 aliphatic rings. The molecule has 0 spiro atoms. The molecule has 18 heavy (non-hydrogen) atoms. The zero-order chi connectivity index (χ0) is 13.1. The number of benzene rings is 1. The Morgan fingerprint density at radius 1 is 1.17 bits per heavy atom. The molecule has 2 aromatic rings. The normalized spacial score (nSPS) is 9.89. The predicted molar refractivity (Wildman–Crippen MR) is 70.4 cm³/mol. The van der Waals surface area contributed by atoms with Crippen molar-refractivity contribution in [2.45, 2.75) is 13.8 Å². The van der Waals surface area contributed by atoms with Crippen molar-refractivity contribution in [3.8, 4) is 23.1 Å². The second kappa shape index (κ2) is 4.89. The number of methoxy groups -OCH3 is 1. The Balaban J connectivity index is 2.46. The van der Waals surface area contributed by atoms with Gasteiger partial charge in [0.25, 0.3) is 0 Å². The average molecular weight is 238 g/mol. The first-order valence-corrected chi connectivity index (χ1v) is 5.68. The van der Waals surface area contributed by atoms with Gasteiger partial charge in [0.15, 0.2) is 0 Å². The van der Waals surface area contributed by atoms with E-state index in [0.29, 0.717) is 5.56 Å². The van der Waals surface area contributed by atoms with E-state index < -0.39 is 0 Å². The minimum absolute atomic E-state index is 0.615. The van der Waals surface area contributed by atoms with Crippen molar-refractivity contribution in [2.24, 2.45) is 0 Å². The molecule has 0 unspecified atom stereocenters. The quantitative estimate of drug-likeness (QED) is 0.806. The Labute approximate surface area is 107 Å². The van der Waals surface area contributed by atoms with E-state index in [0.717, 1.165) is 28.3 Å². The van der Waals surface area contributed by atoms with Crippen LogP contribution in [-0.4, -0.2) is 12.1 Å². The molecule has 1 aromatic carbocycles. The Hall–Kier alpha value is -2.34. The Morgan fingerprint density at radius 3 is 2.50 bits per heavy atom. The van der Waals surface area contributed by atoms with E-state index in [-0.39, 0.29) is 0 Å². The van der Waals surface area contributed by atoms with Gasteiger partial charge in [-0.15, -0.1) is 0 Å². The Bertz CT molecular complexity index is 627. The predicted octanol–water partition coefficient (Wildman–Crippen LogP) is 3.25. The van der Waals surface area contributed by atoms with Crippen LogP contribution in [0.2, 0.25) is 0 Å². The van der Waals surface area contributed by atoms with E-state index in [1.165, 1.54) is 0 Å². The number of ether oxygens (including phenoxy) is 1. The maximum Gasteiger partial charge on any atom is 0.121 e. The lowest BCUT2D eigenvalue weighted by Crippen LogP contribution is -1.92. The Morgan fingerprint density at radius 2 is 1.94 bits per heavy atom. The number of aromatic nitrogens is 1. The van der Waals surface area contributed by atoms with Crippen molar-refractivity contribution in [1.82, 2.24) is 4.98 Å². The number of hydrogen-bond acceptors (Lipinski definition) is 3. The van der Waals surface area contributed by atoms with Crippen LogP contribution in [0.5, 0.6) is 5.75 Å². The second-order valence-electron chi connectivity index (χ2n) is 4.13. The van der Waals surface area contributed by atoms with Crippen LogP contribution in [0.4, 0.5) is 0 Å². The van der Waals surface area contributed by atoms with E-state index in [1.54, 1.807) is 13.2 Å². The van der Waals surface area contributed by atoms with Crippen molar-refractivity contribution in [3.63, 3.8) is 0 Å². The summed E-state index contributed by atoms with van der Waals surface area (Å²) >= 11 is 0. The van der Waals surface area contributed by atoms with Gasteiger partial charge < -0.3 is 4.74 Å². The molecule has 0 atom stereocenters. The zero-order valence-corrected chi connectivity index (χ0v) is 10.7. The highest BCUT2D eigenvalue weighted by Gasteiger charge is 2.05. The molecule has 3 heteroatoms. The lowest BCUT2D eigenvalue weighted by Gasteiger charge is -2.08. The molecule has 0 fully saturated rings. The van der Waals surface area contributed by atoms with Gasteiger partial charge in [-0.1, -0.05) is 0 Å². The van der Waals surface area contributed by atoms with Gasteiger partial charge in [-0.3, -0.25) is 4.98 Å². The number of pyridine rings is 1. The monoisotopic (exact) mass is 238 g/mol. The minimum atomic E-state index is 0.615. The molecule has 0 saturated carbocycles. The van der Waals surface area contributed by atoms with Gasteiger partial charge in [0, 0.05) is 5.56 Å². The summed E-state index contributed by atoms with van der Waals surface area (Å²) in [4.78, 5) is 4.45. The molecule has 0 aliphatic carbocycles. The lowest BCUT2D eigenvalue weighted by molar-refractivity contribution is 0.412. The van der Waals surface area contributed by atoms with Crippen LogP contribution in [-0.2, 0) is 0 Å². The van der Waals surface area contributed by atoms with Gasteiger partial charge in [-0.2, -0.15) is 5.26 Å². The fraction of sp³-hybridized carbons (Fsp3) is 0.200. The van der Waals surface area contributed by atoms with E-state index in [1.807, 2.05) is 38.1 Å². The molecule has 1 aromatic heterocycles. The standard InChI is InChI=1S/C15H14N2O/c1-10-8-12(5-7-15(10)18-3)14-6-4-13(9-16)11(2)17-14/h4-8H,1-3H3. The molecule has 0 saturated heterocycles. The topological polar surface area (TPSA) is 45.9 Å². The number of hydrogen-bond donors (Lipinski definition) is 0. The maximum atomic E-state index is 8.89. The summed E-state index contributed by atoms with van der Waals surface area (Å²) in [7, 11) is 1.66. The molecule has 0 aliphatic heterocycles. The van der Waals surface area contributed by atoms with E-state index in [9.17, 15) is 0 Å². The molecule has 0 bridgehead atoms. The molecule has 0 radical (unpaired) electrons. The molecule has 0 amide bonds. The molecule has 90 valence electrons. The highest BCUT2D eigenvalue weighted by Crippen LogP contribution is 2.25. The third-order valence-corrected chi connectivity index (χ3v) is 2.90. The number of nitrogens with zero attached hydrogens (tertiary/aromatic N) is 2. The third kappa shape index (κ3) is 2.18. The zero-order valence-electron chi connectivity index (χ0n) is 10.7. The summed E-state index contributed by atoms with van der Waals surface area (Å²) in [5.74, 6) is 0.865. The van der Waals surface area contributed by atoms with E-state index in [4.69, 9.17) is 10.00 Å². The third-order valence-electron chi connectivity index (χ3n) is 2.90. The van der Waals surface area contributed by atoms with Gasteiger partial charge in [0.1, 0.15) is 11.8 Å². The van der Waals surface area contributed by atoms with Gasteiger partial charge in [0.2, 0.25) is 0 Å².